The average molecular weight is 605 g/mol. The Morgan fingerprint density at radius 1 is 0.810 bits per heavy atom. The van der Waals surface area contributed by atoms with Crippen molar-refractivity contribution in [3.05, 3.63) is 109 Å². The summed E-state index contributed by atoms with van der Waals surface area (Å²) in [6, 6.07) is 26.5. The minimum absolute atomic E-state index is 0.0156. The van der Waals surface area contributed by atoms with Crippen LogP contribution < -0.4 is 13.8 Å². The van der Waals surface area contributed by atoms with Gasteiger partial charge >= 0.3 is 16.1 Å². The number of carbonyl (C=O) groups is 1. The van der Waals surface area contributed by atoms with Gasteiger partial charge in [-0.05, 0) is 59.2 Å². The van der Waals surface area contributed by atoms with Gasteiger partial charge in [0.15, 0.2) is 0 Å². The standard InChI is InChI=1S/C31H28N2O7S2/c1-33(2)29-11-5-10-27-26(29)9-6-12-30(27)42(38,39)40-24-16-13-21(14-17-24)19-28(31(34)35)32-41(36,37)25-18-15-22-7-3-4-8-23(22)20-25/h3-18,20,28,32H,19H2,1-2H3,(H,34,35)/t28-/m0/s1. The fraction of sp³-hybridized carbons (Fsp3) is 0.129. The zero-order valence-corrected chi connectivity index (χ0v) is 24.4. The molecule has 0 spiro atoms. The first-order valence-corrected chi connectivity index (χ1v) is 15.8. The van der Waals surface area contributed by atoms with Crippen molar-refractivity contribution in [2.45, 2.75) is 22.3 Å². The highest BCUT2D eigenvalue weighted by atomic mass is 32.2. The third kappa shape index (κ3) is 6.08. The highest BCUT2D eigenvalue weighted by molar-refractivity contribution is 7.89. The van der Waals surface area contributed by atoms with Crippen molar-refractivity contribution in [3.63, 3.8) is 0 Å². The summed E-state index contributed by atoms with van der Waals surface area (Å²) < 4.78 is 60.2. The van der Waals surface area contributed by atoms with Crippen LogP contribution in [0.25, 0.3) is 21.5 Å². The van der Waals surface area contributed by atoms with Crippen LogP contribution in [0.1, 0.15) is 5.56 Å². The van der Waals surface area contributed by atoms with Crippen LogP contribution >= 0.6 is 0 Å². The van der Waals surface area contributed by atoms with Crippen LogP contribution in [0.4, 0.5) is 5.69 Å². The first kappa shape index (κ1) is 29.1. The zero-order valence-electron chi connectivity index (χ0n) is 22.8. The van der Waals surface area contributed by atoms with Gasteiger partial charge in [0.25, 0.3) is 0 Å². The summed E-state index contributed by atoms with van der Waals surface area (Å²) in [6.07, 6.45) is -0.175. The largest absolute Gasteiger partial charge is 0.480 e. The van der Waals surface area contributed by atoms with E-state index in [1.165, 1.54) is 42.5 Å². The Labute approximate surface area is 244 Å². The average Bonchev–Trinajstić information content (AvgIpc) is 2.96. The highest BCUT2D eigenvalue weighted by Crippen LogP contribution is 2.31. The van der Waals surface area contributed by atoms with Gasteiger partial charge in [-0.3, -0.25) is 4.79 Å². The molecule has 0 saturated heterocycles. The van der Waals surface area contributed by atoms with E-state index in [9.17, 15) is 26.7 Å². The minimum Gasteiger partial charge on any atom is -0.480 e. The van der Waals surface area contributed by atoms with E-state index in [0.717, 1.165) is 16.5 Å². The second-order valence-corrected chi connectivity index (χ2v) is 13.2. The number of carboxylic acids is 1. The van der Waals surface area contributed by atoms with Crippen molar-refractivity contribution in [2.24, 2.45) is 0 Å². The summed E-state index contributed by atoms with van der Waals surface area (Å²) in [5.41, 5.74) is 1.33. The van der Waals surface area contributed by atoms with Crippen LogP contribution in [0.15, 0.2) is 113 Å². The lowest BCUT2D eigenvalue weighted by Gasteiger charge is -2.17. The first-order chi connectivity index (χ1) is 19.9. The number of anilines is 1. The maximum Gasteiger partial charge on any atom is 0.339 e. The van der Waals surface area contributed by atoms with Crippen molar-refractivity contribution < 1.29 is 30.9 Å². The maximum atomic E-state index is 13.2. The third-order valence-corrected chi connectivity index (χ3v) is 9.58. The van der Waals surface area contributed by atoms with E-state index in [4.69, 9.17) is 4.18 Å². The number of carboxylic acid groups (broad SMARTS) is 1. The number of aliphatic carboxylic acids is 1. The summed E-state index contributed by atoms with van der Waals surface area (Å²) in [4.78, 5) is 13.8. The predicted octanol–water partition coefficient (Wildman–Crippen LogP) is 4.80. The van der Waals surface area contributed by atoms with Gasteiger partial charge < -0.3 is 14.2 Å². The van der Waals surface area contributed by atoms with Gasteiger partial charge in [-0.15, -0.1) is 0 Å². The molecule has 0 unspecified atom stereocenters. The first-order valence-electron chi connectivity index (χ1n) is 12.9. The van der Waals surface area contributed by atoms with E-state index in [-0.39, 0.29) is 22.0 Å². The lowest BCUT2D eigenvalue weighted by atomic mass is 10.1. The molecular weight excluding hydrogens is 576 g/mol. The van der Waals surface area contributed by atoms with Crippen LogP contribution in [-0.4, -0.2) is 48.0 Å². The molecular formula is C31H28N2O7S2. The summed E-state index contributed by atoms with van der Waals surface area (Å²) >= 11 is 0. The molecule has 5 aromatic rings. The molecule has 42 heavy (non-hydrogen) atoms. The third-order valence-electron chi connectivity index (χ3n) is 6.81. The quantitative estimate of drug-likeness (QED) is 0.218. The molecule has 0 bridgehead atoms. The normalized spacial score (nSPS) is 12.7. The molecule has 0 fully saturated rings. The Morgan fingerprint density at radius 3 is 2.17 bits per heavy atom. The molecule has 0 heterocycles. The highest BCUT2D eigenvalue weighted by Gasteiger charge is 2.26. The van der Waals surface area contributed by atoms with Gasteiger partial charge in [-0.2, -0.15) is 13.1 Å². The summed E-state index contributed by atoms with van der Waals surface area (Å²) in [7, 11) is -4.61. The van der Waals surface area contributed by atoms with Crippen molar-refractivity contribution in [3.8, 4) is 5.75 Å². The van der Waals surface area contributed by atoms with Crippen LogP contribution in [0, 0.1) is 0 Å². The molecule has 0 amide bonds. The number of fused-ring (bicyclic) bond motifs is 2. The van der Waals surface area contributed by atoms with Crippen LogP contribution in [0.2, 0.25) is 0 Å². The molecule has 5 rings (SSSR count). The molecule has 9 nitrogen and oxygen atoms in total. The SMILES string of the molecule is CN(C)c1cccc2c(S(=O)(=O)Oc3ccc(C[C@H](NS(=O)(=O)c4ccc5ccccc5c4)C(=O)O)cc3)cccc12. The lowest BCUT2D eigenvalue weighted by Crippen LogP contribution is -2.42. The minimum atomic E-state index is -4.21. The molecule has 0 aromatic heterocycles. The second kappa shape index (κ2) is 11.4. The fourth-order valence-electron chi connectivity index (χ4n) is 4.73. The van der Waals surface area contributed by atoms with E-state index in [0.29, 0.717) is 16.3 Å². The van der Waals surface area contributed by atoms with Crippen LogP contribution in [0.3, 0.4) is 0 Å². The number of sulfonamides is 1. The molecule has 0 saturated carbocycles. The Kier molecular flexibility index (Phi) is 7.91. The Morgan fingerprint density at radius 2 is 1.48 bits per heavy atom. The Hall–Kier alpha value is -4.45. The number of rotatable bonds is 10. The molecule has 1 atom stereocenters. The summed E-state index contributed by atoms with van der Waals surface area (Å²) in [6.45, 7) is 0. The molecule has 2 N–H and O–H groups in total. The monoisotopic (exact) mass is 604 g/mol. The van der Waals surface area contributed by atoms with E-state index in [2.05, 4.69) is 4.72 Å². The summed E-state index contributed by atoms with van der Waals surface area (Å²) in [5, 5.41) is 12.6. The van der Waals surface area contributed by atoms with Gasteiger partial charge in [-0.1, -0.05) is 66.7 Å². The molecule has 0 radical (unpaired) electrons. The number of hydrogen-bond acceptors (Lipinski definition) is 7. The molecule has 216 valence electrons. The van der Waals surface area contributed by atoms with Gasteiger partial charge in [0.1, 0.15) is 16.7 Å². The number of hydrogen-bond donors (Lipinski definition) is 2. The van der Waals surface area contributed by atoms with Crippen molar-refractivity contribution in [2.75, 3.05) is 19.0 Å². The van der Waals surface area contributed by atoms with E-state index in [1.807, 2.05) is 43.3 Å². The smallest absolute Gasteiger partial charge is 0.339 e. The number of nitrogens with one attached hydrogen (secondary N) is 1. The second-order valence-electron chi connectivity index (χ2n) is 9.93. The fourth-order valence-corrected chi connectivity index (χ4v) is 7.10. The molecule has 5 aromatic carbocycles. The Bertz CT molecular complexity index is 2010. The predicted molar refractivity (Wildman–Crippen MR) is 162 cm³/mol. The van der Waals surface area contributed by atoms with Crippen LogP contribution in [0.5, 0.6) is 5.75 Å². The number of nitrogens with zero attached hydrogens (tertiary/aromatic N) is 1. The van der Waals surface area contributed by atoms with E-state index in [1.54, 1.807) is 36.4 Å². The molecule has 11 heteroatoms. The van der Waals surface area contributed by atoms with Gasteiger partial charge in [0.2, 0.25) is 10.0 Å². The van der Waals surface area contributed by atoms with Gasteiger partial charge in [-0.25, -0.2) is 8.42 Å². The zero-order chi connectivity index (χ0) is 30.1. The van der Waals surface area contributed by atoms with Crippen molar-refractivity contribution in [1.29, 1.82) is 0 Å². The van der Waals surface area contributed by atoms with E-state index >= 15 is 0 Å². The van der Waals surface area contributed by atoms with Crippen molar-refractivity contribution >= 4 is 53.3 Å². The van der Waals surface area contributed by atoms with E-state index < -0.39 is 32.2 Å². The van der Waals surface area contributed by atoms with Crippen LogP contribution in [-0.2, 0) is 31.4 Å². The maximum absolute atomic E-state index is 13.2. The Balaban J connectivity index is 1.33. The molecule has 0 aliphatic rings. The lowest BCUT2D eigenvalue weighted by molar-refractivity contribution is -0.138. The summed E-state index contributed by atoms with van der Waals surface area (Å²) in [5.74, 6) is -1.32. The molecule has 0 aliphatic heterocycles. The topological polar surface area (TPSA) is 130 Å². The van der Waals surface area contributed by atoms with Crippen molar-refractivity contribution in [1.82, 2.24) is 4.72 Å². The molecule has 0 aliphatic carbocycles. The van der Waals surface area contributed by atoms with Gasteiger partial charge in [0.05, 0.1) is 4.90 Å². The number of benzene rings is 5. The van der Waals surface area contributed by atoms with Gasteiger partial charge in [0, 0.05) is 30.6 Å².